The van der Waals surface area contributed by atoms with E-state index in [-0.39, 0.29) is 12.1 Å². The van der Waals surface area contributed by atoms with Gasteiger partial charge in [-0.3, -0.25) is 0 Å². The molecular weight excluding hydrogens is 366 g/mol. The van der Waals surface area contributed by atoms with Crippen LogP contribution in [0.1, 0.15) is 76.7 Å². The maximum absolute atomic E-state index is 12.4. The molecule has 29 heavy (non-hydrogen) atoms. The molecule has 1 aliphatic rings. The van der Waals surface area contributed by atoms with Crippen molar-refractivity contribution >= 4 is 17.8 Å². The zero-order valence-electron chi connectivity index (χ0n) is 17.8. The van der Waals surface area contributed by atoms with Gasteiger partial charge in [0.25, 0.3) is 0 Å². The van der Waals surface area contributed by atoms with Crippen molar-refractivity contribution in [2.75, 3.05) is 18.4 Å². The Hall–Kier alpha value is -2.24. The lowest BCUT2D eigenvalue weighted by Crippen LogP contribution is -2.47. The van der Waals surface area contributed by atoms with Crippen LogP contribution in [0.25, 0.3) is 0 Å². The summed E-state index contributed by atoms with van der Waals surface area (Å²) in [4.78, 5) is 24.8. The highest BCUT2D eigenvalue weighted by Crippen LogP contribution is 2.16. The van der Waals surface area contributed by atoms with E-state index in [4.69, 9.17) is 5.11 Å². The Labute approximate surface area is 175 Å². The van der Waals surface area contributed by atoms with E-state index in [1.165, 1.54) is 56.9 Å². The highest BCUT2D eigenvalue weighted by atomic mass is 16.4. The standard InChI is InChI=1S/C23H37N3O3/c1-2-3-4-5-6-7-8-9-10-19-11-13-20(14-12-19)24-22(27)26-17-15-21(16-18-26)25-23(28)29/h11-14,21,25H,2-10,15-18H2,1H3,(H,24,27)(H,28,29). The van der Waals surface area contributed by atoms with Crippen molar-refractivity contribution in [2.45, 2.75) is 83.6 Å². The number of carbonyl (C=O) groups is 2. The molecule has 1 heterocycles. The molecule has 1 aliphatic heterocycles. The number of hydrogen-bond acceptors (Lipinski definition) is 2. The van der Waals surface area contributed by atoms with Gasteiger partial charge >= 0.3 is 12.1 Å². The SMILES string of the molecule is CCCCCCCCCCc1ccc(NC(=O)N2CCC(NC(=O)O)CC2)cc1. The number of carbonyl (C=O) groups excluding carboxylic acids is 1. The molecule has 3 amide bonds. The number of likely N-dealkylation sites (tertiary alicyclic amines) is 1. The first-order chi connectivity index (χ1) is 14.1. The molecule has 0 unspecified atom stereocenters. The van der Waals surface area contributed by atoms with Crippen LogP contribution in [0.3, 0.4) is 0 Å². The smallest absolute Gasteiger partial charge is 0.404 e. The lowest BCUT2D eigenvalue weighted by Gasteiger charge is -2.31. The fourth-order valence-corrected chi connectivity index (χ4v) is 3.82. The van der Waals surface area contributed by atoms with Gasteiger partial charge in [0, 0.05) is 24.8 Å². The van der Waals surface area contributed by atoms with Crippen molar-refractivity contribution in [3.8, 4) is 0 Å². The number of anilines is 1. The van der Waals surface area contributed by atoms with Crippen LogP contribution in [0, 0.1) is 0 Å². The molecule has 0 atom stereocenters. The molecule has 0 spiro atoms. The first-order valence-corrected chi connectivity index (χ1v) is 11.2. The second-order valence-electron chi connectivity index (χ2n) is 8.06. The lowest BCUT2D eigenvalue weighted by atomic mass is 10.0. The third-order valence-corrected chi connectivity index (χ3v) is 5.63. The van der Waals surface area contributed by atoms with Gasteiger partial charge in [-0.25, -0.2) is 9.59 Å². The van der Waals surface area contributed by atoms with Crippen LogP contribution in [-0.4, -0.2) is 41.3 Å². The second-order valence-corrected chi connectivity index (χ2v) is 8.06. The van der Waals surface area contributed by atoms with Gasteiger partial charge in [-0.2, -0.15) is 0 Å². The Kier molecular flexibility index (Phi) is 10.4. The first-order valence-electron chi connectivity index (χ1n) is 11.2. The average Bonchev–Trinajstić information content (AvgIpc) is 2.71. The van der Waals surface area contributed by atoms with Crippen molar-refractivity contribution in [3.63, 3.8) is 0 Å². The van der Waals surface area contributed by atoms with E-state index in [2.05, 4.69) is 29.7 Å². The summed E-state index contributed by atoms with van der Waals surface area (Å²) in [6.07, 6.45) is 12.0. The summed E-state index contributed by atoms with van der Waals surface area (Å²) in [5.41, 5.74) is 2.12. The Bertz CT molecular complexity index is 610. The molecule has 162 valence electrons. The van der Waals surface area contributed by atoms with Gasteiger partial charge < -0.3 is 20.6 Å². The summed E-state index contributed by atoms with van der Waals surface area (Å²) in [6, 6.07) is 7.95. The van der Waals surface area contributed by atoms with Crippen molar-refractivity contribution in [3.05, 3.63) is 29.8 Å². The molecule has 6 nitrogen and oxygen atoms in total. The number of amides is 3. The molecule has 0 bridgehead atoms. The molecule has 0 aliphatic carbocycles. The summed E-state index contributed by atoms with van der Waals surface area (Å²) >= 11 is 0. The molecule has 1 saturated heterocycles. The van der Waals surface area contributed by atoms with Gasteiger partial charge in [-0.05, 0) is 43.4 Å². The number of urea groups is 1. The molecule has 1 aromatic rings. The number of unbranched alkanes of at least 4 members (excludes halogenated alkanes) is 7. The highest BCUT2D eigenvalue weighted by Gasteiger charge is 2.23. The predicted molar refractivity (Wildman–Crippen MR) is 118 cm³/mol. The highest BCUT2D eigenvalue weighted by molar-refractivity contribution is 5.89. The Morgan fingerprint density at radius 2 is 1.55 bits per heavy atom. The summed E-state index contributed by atoms with van der Waals surface area (Å²) in [7, 11) is 0. The number of rotatable bonds is 11. The zero-order valence-corrected chi connectivity index (χ0v) is 17.8. The largest absolute Gasteiger partial charge is 0.465 e. The third kappa shape index (κ3) is 9.20. The molecule has 0 saturated carbocycles. The number of benzene rings is 1. The maximum Gasteiger partial charge on any atom is 0.404 e. The van der Waals surface area contributed by atoms with Crippen LogP contribution in [0.15, 0.2) is 24.3 Å². The van der Waals surface area contributed by atoms with E-state index in [0.29, 0.717) is 25.9 Å². The summed E-state index contributed by atoms with van der Waals surface area (Å²) in [5.74, 6) is 0. The fourth-order valence-electron chi connectivity index (χ4n) is 3.82. The van der Waals surface area contributed by atoms with Crippen LogP contribution in [-0.2, 0) is 6.42 Å². The molecule has 2 rings (SSSR count). The third-order valence-electron chi connectivity index (χ3n) is 5.63. The average molecular weight is 404 g/mol. The van der Waals surface area contributed by atoms with Gasteiger partial charge in [0.2, 0.25) is 0 Å². The monoisotopic (exact) mass is 403 g/mol. The van der Waals surface area contributed by atoms with Crippen LogP contribution in [0.2, 0.25) is 0 Å². The summed E-state index contributed by atoms with van der Waals surface area (Å²) < 4.78 is 0. The number of piperidine rings is 1. The minimum Gasteiger partial charge on any atom is -0.465 e. The van der Waals surface area contributed by atoms with Crippen molar-refractivity contribution in [2.24, 2.45) is 0 Å². The minimum absolute atomic E-state index is 0.0628. The topological polar surface area (TPSA) is 81.7 Å². The van der Waals surface area contributed by atoms with Gasteiger partial charge in [0.05, 0.1) is 0 Å². The van der Waals surface area contributed by atoms with Crippen molar-refractivity contribution < 1.29 is 14.7 Å². The quantitative estimate of drug-likeness (QED) is 0.419. The predicted octanol–water partition coefficient (Wildman–Crippen LogP) is 5.63. The minimum atomic E-state index is -1.00. The van der Waals surface area contributed by atoms with Gasteiger partial charge in [0.15, 0.2) is 0 Å². The van der Waals surface area contributed by atoms with E-state index in [1.54, 1.807) is 4.90 Å². The number of carboxylic acid groups (broad SMARTS) is 1. The Morgan fingerprint density at radius 3 is 2.14 bits per heavy atom. The zero-order chi connectivity index (χ0) is 20.9. The Morgan fingerprint density at radius 1 is 0.966 bits per heavy atom. The van der Waals surface area contributed by atoms with Crippen molar-refractivity contribution in [1.82, 2.24) is 10.2 Å². The van der Waals surface area contributed by atoms with E-state index in [9.17, 15) is 9.59 Å². The summed E-state index contributed by atoms with van der Waals surface area (Å²) in [5, 5.41) is 14.2. The van der Waals surface area contributed by atoms with E-state index < -0.39 is 6.09 Å². The number of nitrogens with one attached hydrogen (secondary N) is 2. The maximum atomic E-state index is 12.4. The van der Waals surface area contributed by atoms with Crippen molar-refractivity contribution in [1.29, 1.82) is 0 Å². The molecule has 6 heteroatoms. The molecule has 1 fully saturated rings. The molecule has 0 aromatic heterocycles. The number of hydrogen-bond donors (Lipinski definition) is 3. The van der Waals surface area contributed by atoms with Gasteiger partial charge in [-0.15, -0.1) is 0 Å². The van der Waals surface area contributed by atoms with Gasteiger partial charge in [0.1, 0.15) is 0 Å². The second kappa shape index (κ2) is 13.1. The van der Waals surface area contributed by atoms with Crippen LogP contribution >= 0.6 is 0 Å². The van der Waals surface area contributed by atoms with E-state index >= 15 is 0 Å². The lowest BCUT2D eigenvalue weighted by molar-refractivity contribution is 0.171. The first kappa shape index (κ1) is 23.0. The molecule has 0 radical (unpaired) electrons. The molecule has 3 N–H and O–H groups in total. The number of aryl methyl sites for hydroxylation is 1. The normalized spacial score (nSPS) is 14.6. The van der Waals surface area contributed by atoms with Gasteiger partial charge in [-0.1, -0.05) is 64.0 Å². The van der Waals surface area contributed by atoms with E-state index in [1.807, 2.05) is 12.1 Å². The number of nitrogens with zero attached hydrogens (tertiary/aromatic N) is 1. The van der Waals surface area contributed by atoms with Crippen LogP contribution < -0.4 is 10.6 Å². The fraction of sp³-hybridized carbons (Fsp3) is 0.652. The van der Waals surface area contributed by atoms with Crippen LogP contribution in [0.5, 0.6) is 0 Å². The molecule has 1 aromatic carbocycles. The van der Waals surface area contributed by atoms with Crippen LogP contribution in [0.4, 0.5) is 15.3 Å². The molecular formula is C23H37N3O3. The van der Waals surface area contributed by atoms with E-state index in [0.717, 1.165) is 12.1 Å². The summed E-state index contributed by atoms with van der Waals surface area (Å²) in [6.45, 7) is 3.38. The Balaban J connectivity index is 1.62.